The van der Waals surface area contributed by atoms with E-state index in [1.54, 1.807) is 7.11 Å². The minimum Gasteiger partial charge on any atom is -0.497 e. The summed E-state index contributed by atoms with van der Waals surface area (Å²) in [6.07, 6.45) is -0.364. The van der Waals surface area contributed by atoms with Crippen molar-refractivity contribution in [2.24, 2.45) is 0 Å². The van der Waals surface area contributed by atoms with Crippen molar-refractivity contribution in [1.29, 1.82) is 0 Å². The van der Waals surface area contributed by atoms with Crippen LogP contribution in [-0.2, 0) is 11.3 Å². The maximum absolute atomic E-state index is 12.8. The third-order valence-corrected chi connectivity index (χ3v) is 6.14. The number of carbonyl (C=O) groups excluding carboxylic acids is 1. The van der Waals surface area contributed by atoms with Crippen LogP contribution in [0.1, 0.15) is 18.2 Å². The van der Waals surface area contributed by atoms with Crippen molar-refractivity contribution in [3.05, 3.63) is 84.7 Å². The first kappa shape index (κ1) is 22.0. The molecule has 0 aliphatic carbocycles. The van der Waals surface area contributed by atoms with Crippen molar-refractivity contribution in [3.8, 4) is 11.5 Å². The molecule has 7 nitrogen and oxygen atoms in total. The van der Waals surface area contributed by atoms with Crippen molar-refractivity contribution in [2.45, 2.75) is 25.0 Å². The lowest BCUT2D eigenvalue weighted by atomic mass is 10.1. The van der Waals surface area contributed by atoms with Crippen molar-refractivity contribution in [2.75, 3.05) is 25.2 Å². The summed E-state index contributed by atoms with van der Waals surface area (Å²) in [5.74, 6) is 2.25. The lowest BCUT2D eigenvalue weighted by molar-refractivity contribution is -0.117. The Kier molecular flexibility index (Phi) is 6.18. The van der Waals surface area contributed by atoms with Crippen LogP contribution in [0.4, 0.5) is 5.69 Å². The number of rotatable bonds is 8. The average Bonchev–Trinajstić information content (AvgIpc) is 3.44. The Morgan fingerprint density at radius 2 is 1.71 bits per heavy atom. The number of carbonyl (C=O) groups is 1. The van der Waals surface area contributed by atoms with Crippen LogP contribution in [-0.4, -0.2) is 46.9 Å². The summed E-state index contributed by atoms with van der Waals surface area (Å²) in [4.78, 5) is 19.5. The Morgan fingerprint density at radius 1 is 1.00 bits per heavy atom. The van der Waals surface area contributed by atoms with Gasteiger partial charge in [-0.25, -0.2) is 4.98 Å². The molecule has 2 unspecified atom stereocenters. The van der Waals surface area contributed by atoms with E-state index in [4.69, 9.17) is 14.5 Å². The minimum absolute atomic E-state index is 0.0604. The van der Waals surface area contributed by atoms with Gasteiger partial charge in [0, 0.05) is 24.6 Å². The quantitative estimate of drug-likeness (QED) is 0.433. The van der Waals surface area contributed by atoms with E-state index in [0.717, 1.165) is 28.3 Å². The molecule has 3 aromatic carbocycles. The lowest BCUT2D eigenvalue weighted by Gasteiger charge is -2.19. The second-order valence-corrected chi connectivity index (χ2v) is 8.45. The van der Waals surface area contributed by atoms with Crippen LogP contribution < -0.4 is 14.4 Å². The average molecular weight is 458 g/mol. The summed E-state index contributed by atoms with van der Waals surface area (Å²) in [6, 6.07) is 24.8. The van der Waals surface area contributed by atoms with Gasteiger partial charge in [0.2, 0.25) is 5.91 Å². The number of ether oxygens (including phenoxy) is 2. The van der Waals surface area contributed by atoms with E-state index in [1.807, 2.05) is 88.3 Å². The fourth-order valence-electron chi connectivity index (χ4n) is 4.46. The molecule has 4 aromatic rings. The third-order valence-electron chi connectivity index (χ3n) is 6.14. The molecule has 1 saturated heterocycles. The van der Waals surface area contributed by atoms with Crippen LogP contribution >= 0.6 is 0 Å². The van der Waals surface area contributed by atoms with Gasteiger partial charge < -0.3 is 24.0 Å². The molecule has 0 spiro atoms. The van der Waals surface area contributed by atoms with Crippen LogP contribution in [0.25, 0.3) is 11.0 Å². The molecule has 1 aliphatic rings. The van der Waals surface area contributed by atoms with Gasteiger partial charge in [-0.15, -0.1) is 0 Å². The molecule has 1 aromatic heterocycles. The highest BCUT2D eigenvalue weighted by Crippen LogP contribution is 2.33. The highest BCUT2D eigenvalue weighted by atomic mass is 16.5. The second kappa shape index (κ2) is 9.57. The van der Waals surface area contributed by atoms with E-state index in [9.17, 15) is 9.90 Å². The summed E-state index contributed by atoms with van der Waals surface area (Å²) in [7, 11) is 1.61. The van der Waals surface area contributed by atoms with E-state index in [1.165, 1.54) is 0 Å². The number of methoxy groups -OCH3 is 1. The number of amides is 1. The summed E-state index contributed by atoms with van der Waals surface area (Å²) in [5, 5.41) is 10.8. The number of aromatic nitrogens is 2. The van der Waals surface area contributed by atoms with Gasteiger partial charge in [-0.3, -0.25) is 4.79 Å². The van der Waals surface area contributed by atoms with Crippen molar-refractivity contribution < 1.29 is 19.4 Å². The number of aliphatic hydroxyl groups is 1. The molecule has 0 radical (unpaired) electrons. The Balaban J connectivity index is 1.35. The molecular formula is C27H27N3O4. The number of para-hydroxylation sites is 3. The third kappa shape index (κ3) is 4.47. The predicted molar refractivity (Wildman–Crippen MR) is 130 cm³/mol. The van der Waals surface area contributed by atoms with Gasteiger partial charge in [-0.1, -0.05) is 30.3 Å². The zero-order chi connectivity index (χ0) is 23.5. The molecule has 0 saturated carbocycles. The molecule has 34 heavy (non-hydrogen) atoms. The minimum atomic E-state index is -0.749. The van der Waals surface area contributed by atoms with Gasteiger partial charge >= 0.3 is 0 Å². The Morgan fingerprint density at radius 3 is 2.47 bits per heavy atom. The Bertz CT molecular complexity index is 1270. The predicted octanol–water partition coefficient (Wildman–Crippen LogP) is 4.01. The Hall–Kier alpha value is -3.84. The van der Waals surface area contributed by atoms with Crippen molar-refractivity contribution in [1.82, 2.24) is 9.55 Å². The molecule has 1 amide bonds. The maximum atomic E-state index is 12.8. The number of benzene rings is 3. The van der Waals surface area contributed by atoms with Crippen molar-refractivity contribution in [3.63, 3.8) is 0 Å². The SMILES string of the molecule is COc1ccc(OCC(O)Cn2c(C3CC(=O)N(c4ccccc4)C3)nc3ccccc32)cc1. The van der Waals surface area contributed by atoms with Crippen LogP contribution in [0.15, 0.2) is 78.9 Å². The highest BCUT2D eigenvalue weighted by Gasteiger charge is 2.35. The topological polar surface area (TPSA) is 76.8 Å². The summed E-state index contributed by atoms with van der Waals surface area (Å²) in [5.41, 5.74) is 2.68. The van der Waals surface area contributed by atoms with Crippen molar-refractivity contribution >= 4 is 22.6 Å². The maximum Gasteiger partial charge on any atom is 0.227 e. The van der Waals surface area contributed by atoms with E-state index in [0.29, 0.717) is 25.3 Å². The number of imidazole rings is 1. The van der Waals surface area contributed by atoms with E-state index in [2.05, 4.69) is 0 Å². The molecular weight excluding hydrogens is 430 g/mol. The van der Waals surface area contributed by atoms with E-state index >= 15 is 0 Å². The number of fused-ring (bicyclic) bond motifs is 1. The van der Waals surface area contributed by atoms with Crippen LogP contribution in [0.3, 0.4) is 0 Å². The van der Waals surface area contributed by atoms with Crippen LogP contribution in [0.5, 0.6) is 11.5 Å². The molecule has 2 atom stereocenters. The normalized spacial score (nSPS) is 16.7. The molecule has 1 N–H and O–H groups in total. The van der Waals surface area contributed by atoms with Gasteiger partial charge in [-0.2, -0.15) is 0 Å². The molecule has 1 aliphatic heterocycles. The summed E-state index contributed by atoms with van der Waals surface area (Å²) < 4.78 is 13.0. The zero-order valence-corrected chi connectivity index (χ0v) is 19.0. The first-order valence-electron chi connectivity index (χ1n) is 11.4. The molecule has 0 bridgehead atoms. The van der Waals surface area contributed by atoms with Crippen LogP contribution in [0, 0.1) is 0 Å². The van der Waals surface area contributed by atoms with E-state index < -0.39 is 6.10 Å². The lowest BCUT2D eigenvalue weighted by Crippen LogP contribution is -2.26. The second-order valence-electron chi connectivity index (χ2n) is 8.45. The van der Waals surface area contributed by atoms with Crippen LogP contribution in [0.2, 0.25) is 0 Å². The van der Waals surface area contributed by atoms with Gasteiger partial charge in [0.15, 0.2) is 0 Å². The first-order valence-corrected chi connectivity index (χ1v) is 11.4. The smallest absolute Gasteiger partial charge is 0.227 e. The van der Waals surface area contributed by atoms with Gasteiger partial charge in [0.25, 0.3) is 0 Å². The molecule has 5 rings (SSSR count). The fraction of sp³-hybridized carbons (Fsp3) is 0.259. The fourth-order valence-corrected chi connectivity index (χ4v) is 4.46. The number of nitrogens with zero attached hydrogens (tertiary/aromatic N) is 3. The monoisotopic (exact) mass is 457 g/mol. The number of aliphatic hydroxyl groups excluding tert-OH is 1. The number of hydrogen-bond acceptors (Lipinski definition) is 5. The highest BCUT2D eigenvalue weighted by molar-refractivity contribution is 5.96. The van der Waals surface area contributed by atoms with Gasteiger partial charge in [0.05, 0.1) is 24.7 Å². The largest absolute Gasteiger partial charge is 0.497 e. The summed E-state index contributed by atoms with van der Waals surface area (Å²) >= 11 is 0. The van der Waals surface area contributed by atoms with Gasteiger partial charge in [0.1, 0.15) is 30.0 Å². The number of hydrogen-bond donors (Lipinski definition) is 1. The Labute approximate surface area is 198 Å². The summed E-state index contributed by atoms with van der Waals surface area (Å²) in [6.45, 7) is 1.02. The molecule has 2 heterocycles. The first-order chi connectivity index (χ1) is 16.6. The zero-order valence-electron chi connectivity index (χ0n) is 19.0. The molecule has 1 fully saturated rings. The molecule has 174 valence electrons. The molecule has 7 heteroatoms. The number of anilines is 1. The van der Waals surface area contributed by atoms with E-state index in [-0.39, 0.29) is 18.4 Å². The standard InChI is InChI=1S/C27H27N3O4/c1-33-22-11-13-23(14-12-22)34-18-21(31)17-30-25-10-6-5-9-24(25)28-27(30)19-15-26(32)29(16-19)20-7-3-2-4-8-20/h2-14,19,21,31H,15-18H2,1H3. The van der Waals surface area contributed by atoms with Gasteiger partial charge in [-0.05, 0) is 48.5 Å².